The van der Waals surface area contributed by atoms with Crippen molar-refractivity contribution in [2.24, 2.45) is 0 Å². The van der Waals surface area contributed by atoms with Crippen LogP contribution in [0.25, 0.3) is 0 Å². The molecule has 2 aliphatic rings. The molecule has 1 aliphatic carbocycles. The van der Waals surface area contributed by atoms with Crippen LogP contribution in [0.5, 0.6) is 0 Å². The van der Waals surface area contributed by atoms with E-state index in [0.717, 1.165) is 18.4 Å². The Morgan fingerprint density at radius 3 is 2.59 bits per heavy atom. The number of carbonyl (C=O) groups excluding carboxylic acids is 1. The molecule has 1 aromatic heterocycles. The highest BCUT2D eigenvalue weighted by atomic mass is 16.2. The van der Waals surface area contributed by atoms with Crippen molar-refractivity contribution in [2.75, 3.05) is 13.1 Å². The Hall–Kier alpha value is -2.61. The van der Waals surface area contributed by atoms with E-state index in [-0.39, 0.29) is 17.4 Å². The van der Waals surface area contributed by atoms with Crippen molar-refractivity contribution in [3.63, 3.8) is 0 Å². The van der Waals surface area contributed by atoms with Gasteiger partial charge in [-0.05, 0) is 18.4 Å². The number of amides is 1. The quantitative estimate of drug-likeness (QED) is 0.867. The van der Waals surface area contributed by atoms with E-state index in [1.54, 1.807) is 17.1 Å². The Balaban J connectivity index is 1.45. The molecule has 1 saturated heterocycles. The van der Waals surface area contributed by atoms with Gasteiger partial charge >= 0.3 is 0 Å². The van der Waals surface area contributed by atoms with Crippen LogP contribution in [-0.2, 0) is 10.2 Å². The summed E-state index contributed by atoms with van der Waals surface area (Å²) in [6, 6.07) is 12.3. The van der Waals surface area contributed by atoms with Crippen molar-refractivity contribution < 1.29 is 4.79 Å². The van der Waals surface area contributed by atoms with Crippen LogP contribution < -0.4 is 0 Å². The van der Waals surface area contributed by atoms with Crippen LogP contribution in [0.1, 0.15) is 30.0 Å². The van der Waals surface area contributed by atoms with Gasteiger partial charge in [-0.2, -0.15) is 10.4 Å². The van der Waals surface area contributed by atoms with Crippen LogP contribution >= 0.6 is 0 Å². The maximum absolute atomic E-state index is 12.8. The zero-order valence-electron chi connectivity index (χ0n) is 12.1. The molecule has 2 aromatic rings. The molecule has 5 nitrogen and oxygen atoms in total. The van der Waals surface area contributed by atoms with Gasteiger partial charge in [-0.25, -0.2) is 0 Å². The van der Waals surface area contributed by atoms with E-state index in [4.69, 9.17) is 5.26 Å². The molecular formula is C17H16N4O. The van der Waals surface area contributed by atoms with Gasteiger partial charge in [0.2, 0.25) is 5.91 Å². The molecule has 1 aromatic carbocycles. The van der Waals surface area contributed by atoms with Gasteiger partial charge in [0.05, 0.1) is 23.2 Å². The monoisotopic (exact) mass is 292 g/mol. The number of carbonyl (C=O) groups is 1. The summed E-state index contributed by atoms with van der Waals surface area (Å²) in [5, 5.41) is 13.0. The molecule has 2 heterocycles. The van der Waals surface area contributed by atoms with Crippen molar-refractivity contribution in [3.8, 4) is 6.07 Å². The minimum Gasteiger partial charge on any atom is -0.337 e. The molecule has 1 amide bonds. The molecule has 5 heteroatoms. The molecule has 110 valence electrons. The lowest BCUT2D eigenvalue weighted by atomic mass is 9.92. The summed E-state index contributed by atoms with van der Waals surface area (Å²) < 4.78 is 1.80. The van der Waals surface area contributed by atoms with Crippen molar-refractivity contribution in [1.82, 2.24) is 14.7 Å². The summed E-state index contributed by atoms with van der Waals surface area (Å²) in [5.41, 5.74) is 1.41. The van der Waals surface area contributed by atoms with Gasteiger partial charge in [0, 0.05) is 19.3 Å². The second-order valence-corrected chi connectivity index (χ2v) is 6.13. The maximum Gasteiger partial charge on any atom is 0.233 e. The first-order chi connectivity index (χ1) is 10.7. The minimum absolute atomic E-state index is 0.192. The molecule has 22 heavy (non-hydrogen) atoms. The Morgan fingerprint density at radius 1 is 1.27 bits per heavy atom. The molecule has 1 saturated carbocycles. The summed E-state index contributed by atoms with van der Waals surface area (Å²) in [6.45, 7) is 1.36. The molecule has 0 bridgehead atoms. The Labute approximate surface area is 128 Å². The maximum atomic E-state index is 12.8. The lowest BCUT2D eigenvalue weighted by Gasteiger charge is -2.41. The average Bonchev–Trinajstić information content (AvgIpc) is 3.20. The third-order valence-corrected chi connectivity index (χ3v) is 4.74. The summed E-state index contributed by atoms with van der Waals surface area (Å²) in [5.74, 6) is 0.239. The Bertz CT molecular complexity index is 748. The molecule has 0 radical (unpaired) electrons. The zero-order chi connectivity index (χ0) is 15.2. The first-order valence-corrected chi connectivity index (χ1v) is 7.52. The van der Waals surface area contributed by atoms with Gasteiger partial charge in [-0.15, -0.1) is 0 Å². The predicted molar refractivity (Wildman–Crippen MR) is 79.9 cm³/mol. The fourth-order valence-electron chi connectivity index (χ4n) is 3.19. The third kappa shape index (κ3) is 1.92. The number of likely N-dealkylation sites (tertiary alicyclic amines) is 1. The number of rotatable bonds is 3. The van der Waals surface area contributed by atoms with E-state index in [9.17, 15) is 4.79 Å². The lowest BCUT2D eigenvalue weighted by Crippen LogP contribution is -2.54. The average molecular weight is 292 g/mol. The van der Waals surface area contributed by atoms with Crippen molar-refractivity contribution in [1.29, 1.82) is 5.26 Å². The summed E-state index contributed by atoms with van der Waals surface area (Å²) >= 11 is 0. The van der Waals surface area contributed by atoms with Crippen LogP contribution in [0, 0.1) is 11.3 Å². The largest absolute Gasteiger partial charge is 0.337 e. The first-order valence-electron chi connectivity index (χ1n) is 7.52. The second kappa shape index (κ2) is 4.70. The fourth-order valence-corrected chi connectivity index (χ4v) is 3.19. The van der Waals surface area contributed by atoms with Crippen molar-refractivity contribution in [3.05, 3.63) is 53.9 Å². The highest BCUT2D eigenvalue weighted by molar-refractivity contribution is 5.91. The van der Waals surface area contributed by atoms with Crippen molar-refractivity contribution in [2.45, 2.75) is 24.3 Å². The molecule has 0 spiro atoms. The molecule has 0 unspecified atom stereocenters. The fraction of sp³-hybridized carbons (Fsp3) is 0.353. The topological polar surface area (TPSA) is 61.9 Å². The molecule has 4 rings (SSSR count). The highest BCUT2D eigenvalue weighted by Crippen LogP contribution is 2.50. The standard InChI is InChI=1S/C17H16N4O/c18-8-13-9-19-21(10-13)15-11-20(12-15)16(22)17(6-7-17)14-4-2-1-3-5-14/h1-5,9-10,15H,6-7,11-12H2. The molecule has 1 aliphatic heterocycles. The van der Waals surface area contributed by atoms with Gasteiger partial charge < -0.3 is 4.90 Å². The molecule has 2 fully saturated rings. The van der Waals surface area contributed by atoms with Gasteiger partial charge in [0.1, 0.15) is 6.07 Å². The van der Waals surface area contributed by atoms with Crippen LogP contribution in [0.4, 0.5) is 0 Å². The molecule has 0 atom stereocenters. The number of benzene rings is 1. The van der Waals surface area contributed by atoms with E-state index in [1.807, 2.05) is 23.1 Å². The number of hydrogen-bond donors (Lipinski definition) is 0. The summed E-state index contributed by atoms with van der Waals surface area (Å²) in [6.07, 6.45) is 5.20. The van der Waals surface area contributed by atoms with Crippen LogP contribution in [-0.4, -0.2) is 33.7 Å². The first kappa shape index (κ1) is 13.1. The smallest absolute Gasteiger partial charge is 0.233 e. The Kier molecular flexibility index (Phi) is 2.80. The van der Waals surface area contributed by atoms with E-state index in [2.05, 4.69) is 23.3 Å². The van der Waals surface area contributed by atoms with Crippen LogP contribution in [0.3, 0.4) is 0 Å². The highest BCUT2D eigenvalue weighted by Gasteiger charge is 2.54. The predicted octanol–water partition coefficient (Wildman–Crippen LogP) is 1.87. The number of aromatic nitrogens is 2. The van der Waals surface area contributed by atoms with Crippen LogP contribution in [0.15, 0.2) is 42.7 Å². The van der Waals surface area contributed by atoms with Gasteiger partial charge in [0.25, 0.3) is 0 Å². The van der Waals surface area contributed by atoms with E-state index >= 15 is 0 Å². The molecular weight excluding hydrogens is 276 g/mol. The minimum atomic E-state index is -0.284. The SMILES string of the molecule is N#Cc1cnn(C2CN(C(=O)C3(c4ccccc4)CC3)C2)c1. The van der Waals surface area contributed by atoms with Crippen LogP contribution in [0.2, 0.25) is 0 Å². The number of hydrogen-bond acceptors (Lipinski definition) is 3. The summed E-state index contributed by atoms with van der Waals surface area (Å²) in [4.78, 5) is 14.7. The van der Waals surface area contributed by atoms with Gasteiger partial charge in [0.15, 0.2) is 0 Å². The number of nitriles is 1. The lowest BCUT2D eigenvalue weighted by molar-refractivity contribution is -0.140. The Morgan fingerprint density at radius 2 is 2.00 bits per heavy atom. The van der Waals surface area contributed by atoms with Crippen molar-refractivity contribution >= 4 is 5.91 Å². The van der Waals surface area contributed by atoms with E-state index in [0.29, 0.717) is 18.7 Å². The van der Waals surface area contributed by atoms with E-state index < -0.39 is 0 Å². The molecule has 0 N–H and O–H groups in total. The number of nitrogens with zero attached hydrogens (tertiary/aromatic N) is 4. The normalized spacial score (nSPS) is 19.3. The zero-order valence-corrected chi connectivity index (χ0v) is 12.1. The van der Waals surface area contributed by atoms with Gasteiger partial charge in [-0.1, -0.05) is 30.3 Å². The summed E-state index contributed by atoms with van der Waals surface area (Å²) in [7, 11) is 0. The third-order valence-electron chi connectivity index (χ3n) is 4.74. The van der Waals surface area contributed by atoms with Gasteiger partial charge in [-0.3, -0.25) is 9.48 Å². The second-order valence-electron chi connectivity index (χ2n) is 6.13. The van der Waals surface area contributed by atoms with E-state index in [1.165, 1.54) is 0 Å².